The molecule has 3 aromatic rings. The summed E-state index contributed by atoms with van der Waals surface area (Å²) in [6.07, 6.45) is 1.73. The Kier molecular flexibility index (Phi) is 3.24. The van der Waals surface area contributed by atoms with Gasteiger partial charge in [0.1, 0.15) is 5.69 Å². The van der Waals surface area contributed by atoms with Crippen LogP contribution in [0.25, 0.3) is 22.4 Å². The number of fused-ring (bicyclic) bond motifs is 3. The Labute approximate surface area is 138 Å². The van der Waals surface area contributed by atoms with E-state index in [1.54, 1.807) is 6.07 Å². The number of carboxylic acids is 1. The highest BCUT2D eigenvalue weighted by molar-refractivity contribution is 6.30. The fraction of sp³-hybridized carbons (Fsp3) is 0.105. The lowest BCUT2D eigenvalue weighted by molar-refractivity contribution is 0.0692. The molecule has 114 valence electrons. The van der Waals surface area contributed by atoms with Crippen molar-refractivity contribution in [2.75, 3.05) is 0 Å². The number of benzene rings is 2. The van der Waals surface area contributed by atoms with Gasteiger partial charge in [-0.05, 0) is 41.7 Å². The SMILES string of the molecule is O=C(O)c1[nH]c2c(c1-c1cccc(Cl)c1)CCc1ccccc1-2. The normalized spacial score (nSPS) is 12.6. The van der Waals surface area contributed by atoms with Crippen molar-refractivity contribution in [3.05, 3.63) is 70.4 Å². The molecule has 0 saturated carbocycles. The van der Waals surface area contributed by atoms with Crippen LogP contribution < -0.4 is 0 Å². The van der Waals surface area contributed by atoms with E-state index in [4.69, 9.17) is 11.6 Å². The van der Waals surface area contributed by atoms with E-state index in [1.807, 2.05) is 36.4 Å². The molecular formula is C19H14ClNO2. The van der Waals surface area contributed by atoms with E-state index in [0.717, 1.165) is 40.8 Å². The molecule has 0 amide bonds. The fourth-order valence-corrected chi connectivity index (χ4v) is 3.57. The lowest BCUT2D eigenvalue weighted by Crippen LogP contribution is -2.03. The van der Waals surface area contributed by atoms with Crippen molar-refractivity contribution in [3.8, 4) is 22.4 Å². The lowest BCUT2D eigenvalue weighted by atomic mass is 9.87. The maximum Gasteiger partial charge on any atom is 0.352 e. The molecule has 4 rings (SSSR count). The van der Waals surface area contributed by atoms with Crippen molar-refractivity contribution in [2.45, 2.75) is 12.8 Å². The van der Waals surface area contributed by atoms with Gasteiger partial charge in [-0.15, -0.1) is 0 Å². The predicted molar refractivity (Wildman–Crippen MR) is 91.0 cm³/mol. The highest BCUT2D eigenvalue weighted by Crippen LogP contribution is 2.41. The third kappa shape index (κ3) is 2.25. The summed E-state index contributed by atoms with van der Waals surface area (Å²) in [7, 11) is 0. The number of hydrogen-bond donors (Lipinski definition) is 2. The molecule has 0 aliphatic heterocycles. The molecule has 4 heteroatoms. The van der Waals surface area contributed by atoms with Crippen LogP contribution in [0.5, 0.6) is 0 Å². The zero-order valence-electron chi connectivity index (χ0n) is 12.3. The highest BCUT2D eigenvalue weighted by Gasteiger charge is 2.27. The quantitative estimate of drug-likeness (QED) is 0.711. The summed E-state index contributed by atoms with van der Waals surface area (Å²) in [6.45, 7) is 0. The van der Waals surface area contributed by atoms with Crippen LogP contribution in [0, 0.1) is 0 Å². The van der Waals surface area contributed by atoms with E-state index >= 15 is 0 Å². The first-order valence-corrected chi connectivity index (χ1v) is 7.85. The monoisotopic (exact) mass is 323 g/mol. The Balaban J connectivity index is 2.01. The van der Waals surface area contributed by atoms with Crippen molar-refractivity contribution in [1.82, 2.24) is 4.98 Å². The summed E-state index contributed by atoms with van der Waals surface area (Å²) in [5.41, 5.74) is 6.13. The zero-order chi connectivity index (χ0) is 16.0. The first-order chi connectivity index (χ1) is 11.1. The van der Waals surface area contributed by atoms with Crippen LogP contribution >= 0.6 is 11.6 Å². The molecule has 2 aromatic carbocycles. The Morgan fingerprint density at radius 1 is 1.09 bits per heavy atom. The Bertz CT molecular complexity index is 927. The first kappa shape index (κ1) is 14.1. The number of nitrogens with one attached hydrogen (secondary N) is 1. The zero-order valence-corrected chi connectivity index (χ0v) is 13.0. The van der Waals surface area contributed by atoms with E-state index in [1.165, 1.54) is 5.56 Å². The van der Waals surface area contributed by atoms with Gasteiger partial charge >= 0.3 is 5.97 Å². The molecule has 0 saturated heterocycles. The molecule has 23 heavy (non-hydrogen) atoms. The number of aromatic carboxylic acids is 1. The minimum atomic E-state index is -0.952. The van der Waals surface area contributed by atoms with E-state index in [2.05, 4.69) is 11.1 Å². The molecule has 0 spiro atoms. The standard InChI is InChI=1S/C19H14ClNO2/c20-13-6-3-5-12(10-13)16-15-9-8-11-4-1-2-7-14(11)17(15)21-18(16)19(22)23/h1-7,10,21H,8-9H2,(H,22,23). The maximum atomic E-state index is 11.7. The molecule has 0 fully saturated rings. The second-order valence-corrected chi connectivity index (χ2v) is 6.14. The van der Waals surface area contributed by atoms with Crippen LogP contribution in [0.15, 0.2) is 48.5 Å². The fourth-order valence-electron chi connectivity index (χ4n) is 3.38. The van der Waals surface area contributed by atoms with E-state index < -0.39 is 5.97 Å². The number of carbonyl (C=O) groups is 1. The number of aryl methyl sites for hydroxylation is 1. The number of aromatic nitrogens is 1. The minimum Gasteiger partial charge on any atom is -0.477 e. The highest BCUT2D eigenvalue weighted by atomic mass is 35.5. The van der Waals surface area contributed by atoms with Gasteiger partial charge in [-0.1, -0.05) is 48.0 Å². The van der Waals surface area contributed by atoms with Gasteiger partial charge in [0.05, 0.1) is 5.69 Å². The van der Waals surface area contributed by atoms with Crippen LogP contribution in [-0.2, 0) is 12.8 Å². The van der Waals surface area contributed by atoms with Crippen molar-refractivity contribution in [1.29, 1.82) is 0 Å². The number of hydrogen-bond acceptors (Lipinski definition) is 1. The number of carboxylic acid groups (broad SMARTS) is 1. The van der Waals surface area contributed by atoms with Gasteiger partial charge in [-0.2, -0.15) is 0 Å². The van der Waals surface area contributed by atoms with Gasteiger partial charge in [0.15, 0.2) is 0 Å². The molecule has 3 nitrogen and oxygen atoms in total. The van der Waals surface area contributed by atoms with Crippen LogP contribution in [0.3, 0.4) is 0 Å². The van der Waals surface area contributed by atoms with Crippen molar-refractivity contribution in [3.63, 3.8) is 0 Å². The van der Waals surface area contributed by atoms with Crippen LogP contribution in [0.4, 0.5) is 0 Å². The Morgan fingerprint density at radius 2 is 1.91 bits per heavy atom. The molecule has 0 radical (unpaired) electrons. The van der Waals surface area contributed by atoms with Crippen molar-refractivity contribution in [2.24, 2.45) is 0 Å². The molecular weight excluding hydrogens is 310 g/mol. The number of rotatable bonds is 2. The van der Waals surface area contributed by atoms with Gasteiger partial charge in [0.25, 0.3) is 0 Å². The first-order valence-electron chi connectivity index (χ1n) is 7.47. The second kappa shape index (κ2) is 5.28. The van der Waals surface area contributed by atoms with Crippen molar-refractivity contribution < 1.29 is 9.90 Å². The number of halogens is 1. The summed E-state index contributed by atoms with van der Waals surface area (Å²) in [4.78, 5) is 14.9. The average Bonchev–Trinajstić information content (AvgIpc) is 2.95. The van der Waals surface area contributed by atoms with Gasteiger partial charge in [-0.25, -0.2) is 4.79 Å². The summed E-state index contributed by atoms with van der Waals surface area (Å²) < 4.78 is 0. The maximum absolute atomic E-state index is 11.7. The third-order valence-electron chi connectivity index (χ3n) is 4.36. The van der Waals surface area contributed by atoms with Gasteiger partial charge in [-0.3, -0.25) is 0 Å². The molecule has 0 atom stereocenters. The summed E-state index contributed by atoms with van der Waals surface area (Å²) >= 11 is 6.10. The smallest absolute Gasteiger partial charge is 0.352 e. The van der Waals surface area contributed by atoms with E-state index in [0.29, 0.717) is 5.02 Å². The summed E-state index contributed by atoms with van der Waals surface area (Å²) in [5, 5.41) is 10.2. The molecule has 1 aromatic heterocycles. The van der Waals surface area contributed by atoms with Crippen molar-refractivity contribution >= 4 is 17.6 Å². The molecule has 1 aliphatic carbocycles. The van der Waals surface area contributed by atoms with Gasteiger partial charge < -0.3 is 10.1 Å². The Morgan fingerprint density at radius 3 is 2.70 bits per heavy atom. The minimum absolute atomic E-state index is 0.231. The predicted octanol–water partition coefficient (Wildman–Crippen LogP) is 4.80. The number of aromatic amines is 1. The number of H-pyrrole nitrogens is 1. The molecule has 2 N–H and O–H groups in total. The van der Waals surface area contributed by atoms with Crippen LogP contribution in [0.2, 0.25) is 5.02 Å². The van der Waals surface area contributed by atoms with Gasteiger partial charge in [0, 0.05) is 16.1 Å². The van der Waals surface area contributed by atoms with Crippen LogP contribution in [0.1, 0.15) is 21.6 Å². The molecule has 0 bridgehead atoms. The summed E-state index contributed by atoms with van der Waals surface area (Å²) in [6, 6.07) is 15.5. The second-order valence-electron chi connectivity index (χ2n) is 5.70. The van der Waals surface area contributed by atoms with Crippen LogP contribution in [-0.4, -0.2) is 16.1 Å². The van der Waals surface area contributed by atoms with Gasteiger partial charge in [0.2, 0.25) is 0 Å². The van der Waals surface area contributed by atoms with E-state index in [-0.39, 0.29) is 5.69 Å². The lowest BCUT2D eigenvalue weighted by Gasteiger charge is -2.17. The van der Waals surface area contributed by atoms with E-state index in [9.17, 15) is 9.90 Å². The largest absolute Gasteiger partial charge is 0.477 e. The summed E-state index contributed by atoms with van der Waals surface area (Å²) in [5.74, 6) is -0.952. The topological polar surface area (TPSA) is 53.1 Å². The Hall–Kier alpha value is -2.52. The third-order valence-corrected chi connectivity index (χ3v) is 4.60. The molecule has 0 unspecified atom stereocenters. The average molecular weight is 324 g/mol. The molecule has 1 heterocycles. The molecule has 1 aliphatic rings.